The van der Waals surface area contributed by atoms with E-state index in [2.05, 4.69) is 0 Å². The van der Waals surface area contributed by atoms with Crippen LogP contribution in [0.5, 0.6) is 0 Å². The fraction of sp³-hybridized carbons (Fsp3) is 0.333. The molecule has 0 fully saturated rings. The molecule has 0 aliphatic heterocycles. The van der Waals surface area contributed by atoms with Crippen molar-refractivity contribution in [3.8, 4) is 0 Å². The van der Waals surface area contributed by atoms with E-state index in [1.807, 2.05) is 0 Å². The third-order valence-corrected chi connectivity index (χ3v) is 2.68. The van der Waals surface area contributed by atoms with Crippen LogP contribution in [0.25, 0.3) is 0 Å². The first kappa shape index (κ1) is 8.90. The number of thiophene rings is 1. The smallest absolute Gasteiger partial charge is 0.258 e. The fourth-order valence-corrected chi connectivity index (χ4v) is 1.85. The summed E-state index contributed by atoms with van der Waals surface area (Å²) in [5, 5.41) is 1.96. The third kappa shape index (κ3) is 1.89. The molecular formula is C6H6ClF2NS. The first-order valence-corrected chi connectivity index (χ1v) is 4.15. The second-order valence-corrected chi connectivity index (χ2v) is 3.35. The van der Waals surface area contributed by atoms with Gasteiger partial charge < -0.3 is 5.73 Å². The molecule has 0 amide bonds. The van der Waals surface area contributed by atoms with Gasteiger partial charge >= 0.3 is 0 Å². The van der Waals surface area contributed by atoms with Crippen molar-refractivity contribution >= 4 is 22.9 Å². The summed E-state index contributed by atoms with van der Waals surface area (Å²) in [4.78, 5) is 0.349. The van der Waals surface area contributed by atoms with Crippen molar-refractivity contribution in [3.05, 3.63) is 21.3 Å². The summed E-state index contributed by atoms with van der Waals surface area (Å²) >= 11 is 6.72. The van der Waals surface area contributed by atoms with Crippen LogP contribution in [-0.2, 0) is 0 Å². The maximum Gasteiger partial charge on any atom is 0.258 e. The number of rotatable bonds is 2. The van der Waals surface area contributed by atoms with E-state index < -0.39 is 12.5 Å². The van der Waals surface area contributed by atoms with Crippen molar-refractivity contribution in [2.24, 2.45) is 5.73 Å². The number of hydrogen-bond donors (Lipinski definition) is 1. The van der Waals surface area contributed by atoms with Gasteiger partial charge in [-0.05, 0) is 11.4 Å². The second-order valence-electron chi connectivity index (χ2n) is 1.99. The van der Waals surface area contributed by atoms with Crippen LogP contribution in [0, 0.1) is 0 Å². The first-order valence-electron chi connectivity index (χ1n) is 2.89. The molecule has 11 heavy (non-hydrogen) atoms. The molecule has 0 aliphatic rings. The zero-order chi connectivity index (χ0) is 8.43. The predicted molar refractivity (Wildman–Crippen MR) is 42.3 cm³/mol. The van der Waals surface area contributed by atoms with E-state index in [0.717, 1.165) is 11.3 Å². The van der Waals surface area contributed by atoms with Crippen molar-refractivity contribution in [1.82, 2.24) is 0 Å². The molecular weight excluding hydrogens is 192 g/mol. The Balaban J connectivity index is 2.84. The van der Waals surface area contributed by atoms with Gasteiger partial charge in [-0.1, -0.05) is 11.6 Å². The molecule has 5 heteroatoms. The minimum absolute atomic E-state index is 0.322. The average Bonchev–Trinajstić information content (AvgIpc) is 2.33. The van der Waals surface area contributed by atoms with Crippen LogP contribution in [0.2, 0.25) is 5.02 Å². The fourth-order valence-electron chi connectivity index (χ4n) is 0.658. The minimum atomic E-state index is -2.55. The molecule has 0 saturated heterocycles. The summed E-state index contributed by atoms with van der Waals surface area (Å²) in [5.41, 5.74) is 5.16. The monoisotopic (exact) mass is 197 g/mol. The van der Waals surface area contributed by atoms with Gasteiger partial charge in [0.15, 0.2) is 0 Å². The van der Waals surface area contributed by atoms with Gasteiger partial charge in [0, 0.05) is 4.88 Å². The predicted octanol–water partition coefficient (Wildman–Crippen LogP) is 2.67. The summed E-state index contributed by atoms with van der Waals surface area (Å²) in [5.74, 6) is 0. The zero-order valence-electron chi connectivity index (χ0n) is 5.43. The Morgan fingerprint density at radius 2 is 2.18 bits per heavy atom. The molecule has 2 N–H and O–H groups in total. The van der Waals surface area contributed by atoms with Gasteiger partial charge in [-0.15, -0.1) is 11.3 Å². The molecule has 0 unspecified atom stereocenters. The standard InChI is InChI=1S/C6H6ClF2NS/c7-3-1-2-11-5(3)4(10)6(8)9/h1-2,4,6H,10H2/t4-/m0/s1. The molecule has 0 radical (unpaired) electrons. The molecule has 1 heterocycles. The summed E-state index contributed by atoms with van der Waals surface area (Å²) in [6.45, 7) is 0. The van der Waals surface area contributed by atoms with Gasteiger partial charge in [0.05, 0.1) is 5.02 Å². The molecule has 1 aromatic rings. The van der Waals surface area contributed by atoms with Crippen LogP contribution in [0.1, 0.15) is 10.9 Å². The minimum Gasteiger partial charge on any atom is -0.319 e. The lowest BCUT2D eigenvalue weighted by Crippen LogP contribution is -2.17. The molecule has 1 aromatic heterocycles. The highest BCUT2D eigenvalue weighted by Gasteiger charge is 2.20. The highest BCUT2D eigenvalue weighted by atomic mass is 35.5. The van der Waals surface area contributed by atoms with Gasteiger partial charge in [0.2, 0.25) is 0 Å². The van der Waals surface area contributed by atoms with E-state index >= 15 is 0 Å². The Morgan fingerprint density at radius 1 is 1.55 bits per heavy atom. The molecule has 0 bridgehead atoms. The van der Waals surface area contributed by atoms with Crippen molar-refractivity contribution in [2.45, 2.75) is 12.5 Å². The quantitative estimate of drug-likeness (QED) is 0.775. The maximum absolute atomic E-state index is 12.0. The molecule has 1 rings (SSSR count). The Kier molecular flexibility index (Phi) is 2.81. The van der Waals surface area contributed by atoms with E-state index in [-0.39, 0.29) is 0 Å². The van der Waals surface area contributed by atoms with Crippen LogP contribution in [0.4, 0.5) is 8.78 Å². The van der Waals surface area contributed by atoms with E-state index in [4.69, 9.17) is 17.3 Å². The van der Waals surface area contributed by atoms with Gasteiger partial charge in [-0.2, -0.15) is 0 Å². The lowest BCUT2D eigenvalue weighted by Gasteiger charge is -2.07. The highest BCUT2D eigenvalue weighted by molar-refractivity contribution is 7.10. The van der Waals surface area contributed by atoms with Gasteiger partial charge in [-0.3, -0.25) is 0 Å². The van der Waals surface area contributed by atoms with Crippen LogP contribution in [0.3, 0.4) is 0 Å². The SMILES string of the molecule is N[C@@H](c1sccc1Cl)C(F)F. The second kappa shape index (κ2) is 3.47. The lowest BCUT2D eigenvalue weighted by atomic mass is 10.3. The molecule has 0 aliphatic carbocycles. The summed E-state index contributed by atoms with van der Waals surface area (Å²) in [7, 11) is 0. The van der Waals surface area contributed by atoms with Gasteiger partial charge in [0.1, 0.15) is 6.04 Å². The summed E-state index contributed by atoms with van der Waals surface area (Å²) in [6, 6.07) is 0.312. The molecule has 0 aromatic carbocycles. The Morgan fingerprint density at radius 3 is 2.55 bits per heavy atom. The van der Waals surface area contributed by atoms with E-state index in [1.165, 1.54) is 0 Å². The molecule has 0 saturated carbocycles. The zero-order valence-corrected chi connectivity index (χ0v) is 7.00. The Hall–Kier alpha value is -0.190. The van der Waals surface area contributed by atoms with E-state index in [9.17, 15) is 8.78 Å². The topological polar surface area (TPSA) is 26.0 Å². The van der Waals surface area contributed by atoms with Gasteiger partial charge in [-0.25, -0.2) is 8.78 Å². The first-order chi connectivity index (χ1) is 5.13. The number of hydrogen-bond acceptors (Lipinski definition) is 2. The van der Waals surface area contributed by atoms with Crippen LogP contribution >= 0.6 is 22.9 Å². The summed E-state index contributed by atoms with van der Waals surface area (Å²) in [6.07, 6.45) is -2.55. The number of alkyl halides is 2. The lowest BCUT2D eigenvalue weighted by molar-refractivity contribution is 0.118. The molecule has 1 atom stereocenters. The van der Waals surface area contributed by atoms with Crippen molar-refractivity contribution < 1.29 is 8.78 Å². The van der Waals surface area contributed by atoms with Crippen LogP contribution in [-0.4, -0.2) is 6.43 Å². The van der Waals surface area contributed by atoms with Crippen LogP contribution < -0.4 is 5.73 Å². The van der Waals surface area contributed by atoms with Crippen molar-refractivity contribution in [2.75, 3.05) is 0 Å². The van der Waals surface area contributed by atoms with E-state index in [0.29, 0.717) is 9.90 Å². The van der Waals surface area contributed by atoms with Crippen molar-refractivity contribution in [1.29, 1.82) is 0 Å². The molecule has 1 nitrogen and oxygen atoms in total. The summed E-state index contributed by atoms with van der Waals surface area (Å²) < 4.78 is 24.0. The van der Waals surface area contributed by atoms with Crippen molar-refractivity contribution in [3.63, 3.8) is 0 Å². The normalized spacial score (nSPS) is 13.9. The number of halogens is 3. The Bertz CT molecular complexity index is 238. The number of nitrogens with two attached hydrogens (primary N) is 1. The van der Waals surface area contributed by atoms with E-state index in [1.54, 1.807) is 11.4 Å². The largest absolute Gasteiger partial charge is 0.319 e. The average molecular weight is 198 g/mol. The molecule has 0 spiro atoms. The maximum atomic E-state index is 12.0. The molecule has 62 valence electrons. The van der Waals surface area contributed by atoms with Crippen LogP contribution in [0.15, 0.2) is 11.4 Å². The highest BCUT2D eigenvalue weighted by Crippen LogP contribution is 2.30. The van der Waals surface area contributed by atoms with Gasteiger partial charge in [0.25, 0.3) is 6.43 Å². The Labute approximate surface area is 71.8 Å². The third-order valence-electron chi connectivity index (χ3n) is 1.22.